The van der Waals surface area contributed by atoms with Gasteiger partial charge in [0.05, 0.1) is 0 Å². The lowest BCUT2D eigenvalue weighted by atomic mass is 9.60. The molecule has 2 unspecified atom stereocenters. The number of halogens is 1. The van der Waals surface area contributed by atoms with Crippen LogP contribution in [0.1, 0.15) is 51.0 Å². The Bertz CT molecular complexity index is 496. The van der Waals surface area contributed by atoms with Crippen molar-refractivity contribution < 1.29 is 4.74 Å². The van der Waals surface area contributed by atoms with Crippen LogP contribution in [-0.2, 0) is 0 Å². The summed E-state index contributed by atoms with van der Waals surface area (Å²) < 4.78 is 6.39. The van der Waals surface area contributed by atoms with Crippen molar-refractivity contribution in [1.82, 2.24) is 5.32 Å². The zero-order valence-electron chi connectivity index (χ0n) is 13.1. The largest absolute Gasteiger partial charge is 0.489 e. The predicted molar refractivity (Wildman–Crippen MR) is 88.2 cm³/mol. The molecule has 0 heterocycles. The normalized spacial score (nSPS) is 26.8. The maximum Gasteiger partial charge on any atom is 0.122 e. The van der Waals surface area contributed by atoms with E-state index in [-0.39, 0.29) is 0 Å². The number of nitrogens with one attached hydrogen (secondary N) is 1. The molecule has 0 saturated heterocycles. The first-order valence-electron chi connectivity index (χ1n) is 8.32. The summed E-state index contributed by atoms with van der Waals surface area (Å²) in [7, 11) is 0. The summed E-state index contributed by atoms with van der Waals surface area (Å²) >= 11 is 6.04. The molecule has 1 aromatic carbocycles. The van der Waals surface area contributed by atoms with Crippen LogP contribution in [0, 0.1) is 12.3 Å². The summed E-state index contributed by atoms with van der Waals surface area (Å²) in [6.45, 7) is 5.44. The molecule has 0 amide bonds. The van der Waals surface area contributed by atoms with Crippen molar-refractivity contribution in [3.63, 3.8) is 0 Å². The fourth-order valence-corrected chi connectivity index (χ4v) is 4.35. The molecule has 2 aliphatic carbocycles. The first-order chi connectivity index (χ1) is 10.2. The highest BCUT2D eigenvalue weighted by molar-refractivity contribution is 6.30. The van der Waals surface area contributed by atoms with Gasteiger partial charge < -0.3 is 10.1 Å². The Hall–Kier alpha value is -0.730. The topological polar surface area (TPSA) is 21.3 Å². The Kier molecular flexibility index (Phi) is 4.46. The quantitative estimate of drug-likeness (QED) is 0.849. The van der Waals surface area contributed by atoms with Crippen LogP contribution in [0.5, 0.6) is 5.75 Å². The van der Waals surface area contributed by atoms with Crippen molar-refractivity contribution in [1.29, 1.82) is 0 Å². The predicted octanol–water partition coefficient (Wildman–Crippen LogP) is 4.73. The molecular formula is C18H26ClNO. The molecule has 0 aliphatic heterocycles. The average Bonchev–Trinajstić information content (AvgIpc) is 2.96. The lowest BCUT2D eigenvalue weighted by Gasteiger charge is -2.54. The maximum absolute atomic E-state index is 6.39. The highest BCUT2D eigenvalue weighted by atomic mass is 35.5. The van der Waals surface area contributed by atoms with Crippen LogP contribution in [0.3, 0.4) is 0 Å². The molecule has 3 heteroatoms. The van der Waals surface area contributed by atoms with E-state index in [4.69, 9.17) is 16.3 Å². The Labute approximate surface area is 133 Å². The molecule has 0 aromatic heterocycles. The van der Waals surface area contributed by atoms with Gasteiger partial charge in [-0.1, -0.05) is 31.4 Å². The summed E-state index contributed by atoms with van der Waals surface area (Å²) in [6, 6.07) is 6.59. The van der Waals surface area contributed by atoms with Gasteiger partial charge >= 0.3 is 0 Å². The molecule has 0 bridgehead atoms. The zero-order chi connectivity index (χ0) is 14.9. The Morgan fingerprint density at radius 3 is 2.76 bits per heavy atom. The first kappa shape index (κ1) is 15.2. The summed E-state index contributed by atoms with van der Waals surface area (Å²) in [6.07, 6.45) is 8.04. The molecule has 21 heavy (non-hydrogen) atoms. The highest BCUT2D eigenvalue weighted by Crippen LogP contribution is 2.54. The van der Waals surface area contributed by atoms with E-state index in [2.05, 4.69) is 19.2 Å². The van der Waals surface area contributed by atoms with E-state index in [0.29, 0.717) is 17.6 Å². The van der Waals surface area contributed by atoms with E-state index < -0.39 is 0 Å². The van der Waals surface area contributed by atoms with E-state index >= 15 is 0 Å². The second-order valence-electron chi connectivity index (χ2n) is 6.70. The van der Waals surface area contributed by atoms with Crippen LogP contribution in [0.25, 0.3) is 0 Å². The molecule has 2 aliphatic rings. The van der Waals surface area contributed by atoms with Gasteiger partial charge in [0.25, 0.3) is 0 Å². The van der Waals surface area contributed by atoms with Crippen LogP contribution < -0.4 is 10.1 Å². The third kappa shape index (κ3) is 2.80. The summed E-state index contributed by atoms with van der Waals surface area (Å²) in [5.41, 5.74) is 1.52. The van der Waals surface area contributed by atoms with Gasteiger partial charge in [0, 0.05) is 22.9 Å². The van der Waals surface area contributed by atoms with Gasteiger partial charge in [-0.3, -0.25) is 0 Å². The van der Waals surface area contributed by atoms with Gasteiger partial charge in [0.1, 0.15) is 11.9 Å². The standard InChI is InChI=1S/C18H26ClNO/c1-3-10-20-16-12-17(18(16)8-4-5-9-18)21-15-7-6-14(19)11-13(15)2/h6-7,11,16-17,20H,3-5,8-10,12H2,1-2H3. The van der Waals surface area contributed by atoms with Gasteiger partial charge in [-0.2, -0.15) is 0 Å². The van der Waals surface area contributed by atoms with E-state index in [9.17, 15) is 0 Å². The molecule has 2 atom stereocenters. The maximum atomic E-state index is 6.39. The van der Waals surface area contributed by atoms with Gasteiger partial charge in [-0.25, -0.2) is 0 Å². The molecule has 2 nitrogen and oxygen atoms in total. The van der Waals surface area contributed by atoms with Crippen molar-refractivity contribution in [3.05, 3.63) is 28.8 Å². The van der Waals surface area contributed by atoms with Gasteiger partial charge in [-0.15, -0.1) is 0 Å². The second kappa shape index (κ2) is 6.18. The van der Waals surface area contributed by atoms with Crippen LogP contribution in [-0.4, -0.2) is 18.7 Å². The number of hydrogen-bond acceptors (Lipinski definition) is 2. The van der Waals surface area contributed by atoms with Gasteiger partial charge in [-0.05, 0) is 56.5 Å². The fraction of sp³-hybridized carbons (Fsp3) is 0.667. The zero-order valence-corrected chi connectivity index (χ0v) is 13.9. The number of ether oxygens (including phenoxy) is 1. The molecule has 1 N–H and O–H groups in total. The monoisotopic (exact) mass is 307 g/mol. The summed E-state index contributed by atoms with van der Waals surface area (Å²) in [5.74, 6) is 1.00. The van der Waals surface area contributed by atoms with E-state index in [0.717, 1.165) is 29.3 Å². The van der Waals surface area contributed by atoms with Crippen molar-refractivity contribution in [2.75, 3.05) is 6.54 Å². The van der Waals surface area contributed by atoms with Crippen LogP contribution in [0.15, 0.2) is 18.2 Å². The van der Waals surface area contributed by atoms with Crippen molar-refractivity contribution in [2.45, 2.75) is 64.5 Å². The minimum absolute atomic E-state index is 0.370. The third-order valence-electron chi connectivity index (χ3n) is 5.37. The molecule has 3 rings (SSSR count). The summed E-state index contributed by atoms with van der Waals surface area (Å²) in [4.78, 5) is 0. The summed E-state index contributed by atoms with van der Waals surface area (Å²) in [5, 5.41) is 4.52. The SMILES string of the molecule is CCCNC1CC(Oc2ccc(Cl)cc2C)C12CCCC2. The van der Waals surface area contributed by atoms with Gasteiger partial charge in [0.15, 0.2) is 0 Å². The van der Waals surface area contributed by atoms with Crippen molar-refractivity contribution in [3.8, 4) is 5.75 Å². The number of aryl methyl sites for hydroxylation is 1. The number of hydrogen-bond donors (Lipinski definition) is 1. The second-order valence-corrected chi connectivity index (χ2v) is 7.14. The van der Waals surface area contributed by atoms with E-state index in [1.54, 1.807) is 0 Å². The average molecular weight is 308 g/mol. The van der Waals surface area contributed by atoms with Gasteiger partial charge in [0.2, 0.25) is 0 Å². The Balaban J connectivity index is 1.71. The molecular weight excluding hydrogens is 282 g/mol. The molecule has 1 aromatic rings. The first-order valence-corrected chi connectivity index (χ1v) is 8.70. The Morgan fingerprint density at radius 1 is 1.33 bits per heavy atom. The minimum Gasteiger partial charge on any atom is -0.489 e. The molecule has 116 valence electrons. The van der Waals surface area contributed by atoms with Crippen LogP contribution in [0.2, 0.25) is 5.02 Å². The Morgan fingerprint density at radius 2 is 2.10 bits per heavy atom. The molecule has 1 spiro atoms. The molecule has 2 fully saturated rings. The van der Waals surface area contributed by atoms with E-state index in [1.807, 2.05) is 18.2 Å². The number of rotatable bonds is 5. The lowest BCUT2D eigenvalue weighted by Crippen LogP contribution is -2.63. The molecule has 2 saturated carbocycles. The number of benzene rings is 1. The van der Waals surface area contributed by atoms with Crippen molar-refractivity contribution >= 4 is 11.6 Å². The fourth-order valence-electron chi connectivity index (χ4n) is 4.12. The molecule has 0 radical (unpaired) electrons. The third-order valence-corrected chi connectivity index (χ3v) is 5.60. The minimum atomic E-state index is 0.370. The van der Waals surface area contributed by atoms with Crippen LogP contribution in [0.4, 0.5) is 0 Å². The highest BCUT2D eigenvalue weighted by Gasteiger charge is 2.57. The van der Waals surface area contributed by atoms with Crippen LogP contribution >= 0.6 is 11.6 Å². The smallest absolute Gasteiger partial charge is 0.122 e. The van der Waals surface area contributed by atoms with Crippen molar-refractivity contribution in [2.24, 2.45) is 5.41 Å². The van der Waals surface area contributed by atoms with E-state index in [1.165, 1.54) is 32.1 Å². The lowest BCUT2D eigenvalue weighted by molar-refractivity contribution is -0.0762.